The summed E-state index contributed by atoms with van der Waals surface area (Å²) in [6.07, 6.45) is 8.97. The van der Waals surface area contributed by atoms with Gasteiger partial charge in [0, 0.05) is 49.2 Å². The lowest BCUT2D eigenvalue weighted by Gasteiger charge is -2.57. The number of fused-ring (bicyclic) bond motifs is 3. The molecule has 2 aromatic heterocycles. The standard InChI is InChI=1S/C23H28N6O/c1-23-9-8-16(14-27(23)2)20(13-23)28(3)22-7-6-19(25-26-22)18-5-4-17(12-21(18)30)29-11-10-24-15-29/h4-7,10-12,15-16,20,30H,8-9,13-14H2,1-3H3/t16?,20-,23+/m1/s1. The third-order valence-corrected chi connectivity index (χ3v) is 7.25. The maximum atomic E-state index is 10.5. The summed E-state index contributed by atoms with van der Waals surface area (Å²) in [5.74, 6) is 1.73. The van der Waals surface area contributed by atoms with E-state index in [2.05, 4.69) is 46.0 Å². The van der Waals surface area contributed by atoms with E-state index in [4.69, 9.17) is 0 Å². The lowest BCUT2D eigenvalue weighted by molar-refractivity contribution is -0.0166. The van der Waals surface area contributed by atoms with Crippen molar-refractivity contribution in [2.75, 3.05) is 25.5 Å². The number of hydrogen-bond donors (Lipinski definition) is 1. The zero-order valence-corrected chi connectivity index (χ0v) is 17.7. The summed E-state index contributed by atoms with van der Waals surface area (Å²) in [5, 5.41) is 19.5. The van der Waals surface area contributed by atoms with E-state index in [1.807, 2.05) is 35.0 Å². The highest BCUT2D eigenvalue weighted by atomic mass is 16.3. The molecule has 6 rings (SSSR count). The van der Waals surface area contributed by atoms with E-state index < -0.39 is 0 Å². The fourth-order valence-corrected chi connectivity index (χ4v) is 5.13. The molecule has 0 radical (unpaired) electrons. The van der Waals surface area contributed by atoms with E-state index in [0.29, 0.717) is 23.2 Å². The normalized spacial score (nSPS) is 26.1. The first-order valence-electron chi connectivity index (χ1n) is 10.5. The highest BCUT2D eigenvalue weighted by Crippen LogP contribution is 2.44. The largest absolute Gasteiger partial charge is 0.507 e. The van der Waals surface area contributed by atoms with Gasteiger partial charge >= 0.3 is 0 Å². The number of nitrogens with zero attached hydrogens (tertiary/aromatic N) is 6. The second-order valence-corrected chi connectivity index (χ2v) is 9.01. The maximum Gasteiger partial charge on any atom is 0.151 e. The zero-order valence-electron chi connectivity index (χ0n) is 17.7. The molecule has 3 aromatic rings. The molecule has 1 unspecified atom stereocenters. The molecular formula is C23H28N6O. The van der Waals surface area contributed by atoms with Crippen molar-refractivity contribution in [3.8, 4) is 22.7 Å². The Morgan fingerprint density at radius 2 is 2.07 bits per heavy atom. The molecule has 3 fully saturated rings. The van der Waals surface area contributed by atoms with Crippen LogP contribution in [0.25, 0.3) is 16.9 Å². The fourth-order valence-electron chi connectivity index (χ4n) is 5.13. The second kappa shape index (κ2) is 7.09. The summed E-state index contributed by atoms with van der Waals surface area (Å²) in [7, 11) is 4.39. The molecule has 1 saturated carbocycles. The predicted octanol–water partition coefficient (Wildman–Crippen LogP) is 3.34. The minimum atomic E-state index is 0.178. The molecule has 7 heteroatoms. The van der Waals surface area contributed by atoms with E-state index >= 15 is 0 Å². The number of imidazole rings is 1. The Morgan fingerprint density at radius 3 is 2.70 bits per heavy atom. The molecular weight excluding hydrogens is 376 g/mol. The molecule has 7 nitrogen and oxygen atoms in total. The average Bonchev–Trinajstić information content (AvgIpc) is 3.29. The van der Waals surface area contributed by atoms with Crippen LogP contribution in [0.4, 0.5) is 5.82 Å². The van der Waals surface area contributed by atoms with Crippen LogP contribution in [0, 0.1) is 5.92 Å². The molecule has 30 heavy (non-hydrogen) atoms. The van der Waals surface area contributed by atoms with Crippen molar-refractivity contribution < 1.29 is 5.11 Å². The van der Waals surface area contributed by atoms with E-state index in [9.17, 15) is 5.11 Å². The third kappa shape index (κ3) is 3.13. The van der Waals surface area contributed by atoms with Crippen molar-refractivity contribution in [3.05, 3.63) is 49.1 Å². The average molecular weight is 405 g/mol. The molecule has 1 aromatic carbocycles. The first-order chi connectivity index (χ1) is 14.4. The highest BCUT2D eigenvalue weighted by Gasteiger charge is 2.47. The summed E-state index contributed by atoms with van der Waals surface area (Å²) in [6, 6.07) is 9.97. The van der Waals surface area contributed by atoms with Crippen LogP contribution in [0.15, 0.2) is 49.1 Å². The molecule has 2 bridgehead atoms. The van der Waals surface area contributed by atoms with Crippen LogP contribution in [0.1, 0.15) is 26.2 Å². The number of benzene rings is 1. The van der Waals surface area contributed by atoms with Crippen LogP contribution in [-0.2, 0) is 0 Å². The van der Waals surface area contributed by atoms with Gasteiger partial charge in [-0.2, -0.15) is 0 Å². The quantitative estimate of drug-likeness (QED) is 0.719. The molecule has 3 aliphatic rings. The summed E-state index contributed by atoms with van der Waals surface area (Å²) < 4.78 is 1.85. The minimum absolute atomic E-state index is 0.178. The van der Waals surface area contributed by atoms with Crippen LogP contribution >= 0.6 is 0 Å². The van der Waals surface area contributed by atoms with Gasteiger partial charge in [-0.05, 0) is 63.4 Å². The van der Waals surface area contributed by atoms with Gasteiger partial charge in [0.1, 0.15) is 5.75 Å². The van der Waals surface area contributed by atoms with Gasteiger partial charge in [-0.3, -0.25) is 0 Å². The summed E-state index contributed by atoms with van der Waals surface area (Å²) in [4.78, 5) is 8.87. The van der Waals surface area contributed by atoms with Gasteiger partial charge in [-0.25, -0.2) is 4.98 Å². The number of hydrogen-bond acceptors (Lipinski definition) is 6. The fraction of sp³-hybridized carbons (Fsp3) is 0.435. The first-order valence-corrected chi connectivity index (χ1v) is 10.5. The SMILES string of the molecule is CN(c1ccc(-c2ccc(-n3ccnc3)cc2O)nn1)[C@@H]1C[C@]2(C)CCC1CN2C. The van der Waals surface area contributed by atoms with Crippen molar-refractivity contribution in [1.82, 2.24) is 24.6 Å². The molecule has 2 aliphatic heterocycles. The number of rotatable bonds is 4. The third-order valence-electron chi connectivity index (χ3n) is 7.25. The number of phenols is 1. The van der Waals surface area contributed by atoms with Gasteiger partial charge in [-0.1, -0.05) is 0 Å². The van der Waals surface area contributed by atoms with Gasteiger partial charge in [-0.15, -0.1) is 10.2 Å². The Kier molecular flexibility index (Phi) is 4.50. The van der Waals surface area contributed by atoms with Crippen molar-refractivity contribution in [2.24, 2.45) is 5.92 Å². The van der Waals surface area contributed by atoms with Crippen molar-refractivity contribution in [3.63, 3.8) is 0 Å². The van der Waals surface area contributed by atoms with Crippen LogP contribution in [0.2, 0.25) is 0 Å². The minimum Gasteiger partial charge on any atom is -0.507 e. The number of piperidine rings is 2. The monoisotopic (exact) mass is 404 g/mol. The molecule has 0 amide bonds. The predicted molar refractivity (Wildman–Crippen MR) is 117 cm³/mol. The molecule has 3 atom stereocenters. The maximum absolute atomic E-state index is 10.5. The van der Waals surface area contributed by atoms with Gasteiger partial charge in [0.05, 0.1) is 17.7 Å². The Hall–Kier alpha value is -2.93. The second-order valence-electron chi connectivity index (χ2n) is 9.01. The van der Waals surface area contributed by atoms with Crippen molar-refractivity contribution >= 4 is 5.82 Å². The van der Waals surface area contributed by atoms with Crippen LogP contribution in [0.3, 0.4) is 0 Å². The van der Waals surface area contributed by atoms with Crippen LogP contribution < -0.4 is 4.90 Å². The molecule has 1 N–H and O–H groups in total. The lowest BCUT2D eigenvalue weighted by Crippen LogP contribution is -2.63. The number of anilines is 1. The topological polar surface area (TPSA) is 70.3 Å². The van der Waals surface area contributed by atoms with Gasteiger partial charge in [0.15, 0.2) is 5.82 Å². The van der Waals surface area contributed by atoms with Gasteiger partial charge < -0.3 is 19.5 Å². The van der Waals surface area contributed by atoms with Crippen LogP contribution in [-0.4, -0.2) is 62.0 Å². The van der Waals surface area contributed by atoms with Crippen LogP contribution in [0.5, 0.6) is 5.75 Å². The lowest BCUT2D eigenvalue weighted by atomic mass is 9.68. The molecule has 0 spiro atoms. The van der Waals surface area contributed by atoms with Gasteiger partial charge in [0.25, 0.3) is 0 Å². The summed E-state index contributed by atoms with van der Waals surface area (Å²) >= 11 is 0. The Balaban J connectivity index is 1.36. The van der Waals surface area contributed by atoms with E-state index in [0.717, 1.165) is 24.5 Å². The Labute approximate surface area is 177 Å². The van der Waals surface area contributed by atoms with Crippen molar-refractivity contribution in [2.45, 2.75) is 37.8 Å². The summed E-state index contributed by atoms with van der Waals surface area (Å²) in [6.45, 7) is 3.53. The first kappa shape index (κ1) is 19.1. The summed E-state index contributed by atoms with van der Waals surface area (Å²) in [5.41, 5.74) is 2.47. The molecule has 156 valence electrons. The highest BCUT2D eigenvalue weighted by molar-refractivity contribution is 5.69. The molecule has 4 heterocycles. The van der Waals surface area contributed by atoms with Crippen molar-refractivity contribution in [1.29, 1.82) is 0 Å². The Bertz CT molecular complexity index is 1030. The smallest absolute Gasteiger partial charge is 0.151 e. The number of phenolic OH excluding ortho intramolecular Hbond substituents is 1. The number of aromatic nitrogens is 4. The van der Waals surface area contributed by atoms with E-state index in [1.54, 1.807) is 18.6 Å². The molecule has 2 saturated heterocycles. The van der Waals surface area contributed by atoms with E-state index in [-0.39, 0.29) is 11.3 Å². The van der Waals surface area contributed by atoms with Gasteiger partial charge in [0.2, 0.25) is 0 Å². The Morgan fingerprint density at radius 1 is 1.20 bits per heavy atom. The number of aromatic hydroxyl groups is 1. The van der Waals surface area contributed by atoms with E-state index in [1.165, 1.54) is 12.8 Å². The molecule has 1 aliphatic carbocycles. The zero-order chi connectivity index (χ0) is 20.9.